The van der Waals surface area contributed by atoms with Crippen LogP contribution in [-0.2, 0) is 4.79 Å². The Morgan fingerprint density at radius 3 is 2.38 bits per heavy atom. The van der Waals surface area contributed by atoms with Crippen LogP contribution in [0.4, 0.5) is 0 Å². The predicted molar refractivity (Wildman–Crippen MR) is 61.5 cm³/mol. The van der Waals surface area contributed by atoms with Crippen LogP contribution in [0.15, 0.2) is 0 Å². The summed E-state index contributed by atoms with van der Waals surface area (Å²) < 4.78 is 0. The Balaban J connectivity index is 1.68. The van der Waals surface area contributed by atoms with Crippen LogP contribution >= 0.6 is 0 Å². The molecular formula is C13H20N2O. The van der Waals surface area contributed by atoms with Gasteiger partial charge in [0.15, 0.2) is 0 Å². The van der Waals surface area contributed by atoms with Gasteiger partial charge in [0, 0.05) is 18.4 Å². The number of hydrogen-bond donors (Lipinski definition) is 1. The molecule has 16 heavy (non-hydrogen) atoms. The molecule has 0 heterocycles. The second-order valence-electron chi connectivity index (χ2n) is 5.22. The minimum Gasteiger partial charge on any atom is -0.353 e. The molecule has 0 saturated heterocycles. The highest BCUT2D eigenvalue weighted by Crippen LogP contribution is 2.29. The molecule has 2 fully saturated rings. The van der Waals surface area contributed by atoms with Crippen molar-refractivity contribution in [1.29, 1.82) is 5.26 Å². The minimum atomic E-state index is 0.273. The van der Waals surface area contributed by atoms with E-state index in [1.807, 2.05) is 0 Å². The van der Waals surface area contributed by atoms with Crippen molar-refractivity contribution in [2.45, 2.75) is 57.4 Å². The second-order valence-corrected chi connectivity index (χ2v) is 5.22. The van der Waals surface area contributed by atoms with Gasteiger partial charge in [-0.1, -0.05) is 6.42 Å². The molecule has 0 aliphatic heterocycles. The molecule has 3 nitrogen and oxygen atoms in total. The lowest BCUT2D eigenvalue weighted by Crippen LogP contribution is -2.42. The first kappa shape index (κ1) is 11.4. The summed E-state index contributed by atoms with van der Waals surface area (Å²) in [5.41, 5.74) is 0. The number of nitrogens with one attached hydrogen (secondary N) is 1. The monoisotopic (exact) mass is 220 g/mol. The van der Waals surface area contributed by atoms with Crippen molar-refractivity contribution in [3.05, 3.63) is 0 Å². The second kappa shape index (κ2) is 5.34. The largest absolute Gasteiger partial charge is 0.353 e. The van der Waals surface area contributed by atoms with E-state index in [1.165, 1.54) is 6.42 Å². The molecule has 2 aliphatic rings. The summed E-state index contributed by atoms with van der Waals surface area (Å²) in [4.78, 5) is 11.7. The van der Waals surface area contributed by atoms with Gasteiger partial charge in [-0.25, -0.2) is 0 Å². The van der Waals surface area contributed by atoms with Crippen LogP contribution in [0.2, 0.25) is 0 Å². The first-order valence-corrected chi connectivity index (χ1v) is 6.47. The van der Waals surface area contributed by atoms with Crippen LogP contribution in [0.25, 0.3) is 0 Å². The average Bonchev–Trinajstić information content (AvgIpc) is 2.18. The lowest BCUT2D eigenvalue weighted by molar-refractivity contribution is -0.128. The van der Waals surface area contributed by atoms with Gasteiger partial charge in [0.2, 0.25) is 5.91 Å². The quantitative estimate of drug-likeness (QED) is 0.794. The molecule has 0 bridgehead atoms. The van der Waals surface area contributed by atoms with Crippen LogP contribution in [0.3, 0.4) is 0 Å². The molecule has 1 amide bonds. The van der Waals surface area contributed by atoms with Gasteiger partial charge in [-0.3, -0.25) is 4.79 Å². The topological polar surface area (TPSA) is 52.9 Å². The van der Waals surface area contributed by atoms with E-state index < -0.39 is 0 Å². The zero-order chi connectivity index (χ0) is 11.4. The summed E-state index contributed by atoms with van der Waals surface area (Å²) in [6.45, 7) is 0. The van der Waals surface area contributed by atoms with Crippen LogP contribution in [0, 0.1) is 23.2 Å². The number of nitriles is 1. The standard InChI is InChI=1S/C13H20N2O/c14-9-8-10-4-6-12(7-5-10)15-13(16)11-2-1-3-11/h10-12H,1-8H2,(H,15,16). The third-order valence-electron chi connectivity index (χ3n) is 4.05. The highest BCUT2D eigenvalue weighted by Gasteiger charge is 2.28. The summed E-state index contributed by atoms with van der Waals surface area (Å²) in [5, 5.41) is 11.8. The molecule has 2 rings (SSSR count). The molecule has 0 aromatic rings. The van der Waals surface area contributed by atoms with E-state index in [9.17, 15) is 4.79 Å². The number of amides is 1. The van der Waals surface area contributed by atoms with E-state index in [0.717, 1.165) is 38.5 Å². The highest BCUT2D eigenvalue weighted by atomic mass is 16.2. The number of nitrogens with zero attached hydrogens (tertiary/aromatic N) is 1. The number of carbonyl (C=O) groups is 1. The van der Waals surface area contributed by atoms with Crippen molar-refractivity contribution < 1.29 is 4.79 Å². The van der Waals surface area contributed by atoms with Gasteiger partial charge in [0.05, 0.1) is 6.07 Å². The Morgan fingerprint density at radius 1 is 1.19 bits per heavy atom. The third-order valence-corrected chi connectivity index (χ3v) is 4.05. The molecule has 0 radical (unpaired) electrons. The molecule has 2 saturated carbocycles. The Bertz CT molecular complexity index is 283. The molecular weight excluding hydrogens is 200 g/mol. The summed E-state index contributed by atoms with van der Waals surface area (Å²) in [6.07, 6.45) is 8.38. The first-order valence-electron chi connectivity index (χ1n) is 6.47. The van der Waals surface area contributed by atoms with Crippen molar-refractivity contribution in [3.8, 4) is 6.07 Å². The Hall–Kier alpha value is -1.04. The maximum atomic E-state index is 11.7. The van der Waals surface area contributed by atoms with Crippen molar-refractivity contribution in [1.82, 2.24) is 5.32 Å². The summed E-state index contributed by atoms with van der Waals surface area (Å²) in [5.74, 6) is 1.15. The number of hydrogen-bond acceptors (Lipinski definition) is 2. The maximum Gasteiger partial charge on any atom is 0.223 e. The SMILES string of the molecule is N#CCC1CCC(NC(=O)C2CCC2)CC1. The molecule has 3 heteroatoms. The lowest BCUT2D eigenvalue weighted by Gasteiger charge is -2.31. The van der Waals surface area contributed by atoms with Crippen LogP contribution in [0.1, 0.15) is 51.4 Å². The lowest BCUT2D eigenvalue weighted by atomic mass is 9.82. The smallest absolute Gasteiger partial charge is 0.223 e. The van der Waals surface area contributed by atoms with Crippen molar-refractivity contribution >= 4 is 5.91 Å². The number of rotatable bonds is 3. The molecule has 1 N–H and O–H groups in total. The van der Waals surface area contributed by atoms with E-state index >= 15 is 0 Å². The van der Waals surface area contributed by atoms with Crippen molar-refractivity contribution in [2.24, 2.45) is 11.8 Å². The Kier molecular flexibility index (Phi) is 3.82. The molecule has 0 unspecified atom stereocenters. The van der Waals surface area contributed by atoms with Gasteiger partial charge in [0.1, 0.15) is 0 Å². The van der Waals surface area contributed by atoms with Gasteiger partial charge in [-0.2, -0.15) is 5.26 Å². The Morgan fingerprint density at radius 2 is 1.88 bits per heavy atom. The van der Waals surface area contributed by atoms with E-state index in [4.69, 9.17) is 5.26 Å². The fourth-order valence-corrected chi connectivity index (χ4v) is 2.63. The molecule has 0 atom stereocenters. The first-order chi connectivity index (χ1) is 7.79. The average molecular weight is 220 g/mol. The molecule has 88 valence electrons. The Labute approximate surface area is 97.2 Å². The number of carbonyl (C=O) groups excluding carboxylic acids is 1. The maximum absolute atomic E-state index is 11.7. The van der Waals surface area contributed by atoms with Crippen LogP contribution < -0.4 is 5.32 Å². The summed E-state index contributed by atoms with van der Waals surface area (Å²) >= 11 is 0. The molecule has 0 aromatic heterocycles. The van der Waals surface area contributed by atoms with E-state index in [0.29, 0.717) is 24.3 Å². The van der Waals surface area contributed by atoms with E-state index in [2.05, 4.69) is 11.4 Å². The van der Waals surface area contributed by atoms with Gasteiger partial charge in [-0.05, 0) is 44.4 Å². The normalized spacial score (nSPS) is 30.2. The van der Waals surface area contributed by atoms with E-state index in [-0.39, 0.29) is 5.91 Å². The van der Waals surface area contributed by atoms with Crippen LogP contribution in [-0.4, -0.2) is 11.9 Å². The van der Waals surface area contributed by atoms with Crippen molar-refractivity contribution in [3.63, 3.8) is 0 Å². The van der Waals surface area contributed by atoms with Gasteiger partial charge in [0.25, 0.3) is 0 Å². The van der Waals surface area contributed by atoms with Crippen LogP contribution in [0.5, 0.6) is 0 Å². The van der Waals surface area contributed by atoms with Gasteiger partial charge in [-0.15, -0.1) is 0 Å². The zero-order valence-electron chi connectivity index (χ0n) is 9.74. The minimum absolute atomic E-state index is 0.273. The fourth-order valence-electron chi connectivity index (χ4n) is 2.63. The predicted octanol–water partition coefficient (Wildman–Crippen LogP) is 2.38. The zero-order valence-corrected chi connectivity index (χ0v) is 9.74. The molecule has 2 aliphatic carbocycles. The molecule has 0 spiro atoms. The van der Waals surface area contributed by atoms with Crippen molar-refractivity contribution in [2.75, 3.05) is 0 Å². The summed E-state index contributed by atoms with van der Waals surface area (Å²) in [7, 11) is 0. The molecule has 0 aromatic carbocycles. The van der Waals surface area contributed by atoms with E-state index in [1.54, 1.807) is 0 Å². The van der Waals surface area contributed by atoms with Gasteiger partial charge < -0.3 is 5.32 Å². The fraction of sp³-hybridized carbons (Fsp3) is 0.846. The summed E-state index contributed by atoms with van der Waals surface area (Å²) in [6, 6.07) is 2.62. The van der Waals surface area contributed by atoms with Gasteiger partial charge >= 0.3 is 0 Å². The third kappa shape index (κ3) is 2.75. The highest BCUT2D eigenvalue weighted by molar-refractivity contribution is 5.79.